The van der Waals surface area contributed by atoms with Gasteiger partial charge >= 0.3 is 0 Å². The number of hydrogen-bond donors (Lipinski definition) is 1. The zero-order valence-electron chi connectivity index (χ0n) is 13.2. The van der Waals surface area contributed by atoms with E-state index in [2.05, 4.69) is 27.5 Å². The average Bonchev–Trinajstić information content (AvgIpc) is 3.10. The molecular formula is C18H17ClN4O. The Labute approximate surface area is 145 Å². The Bertz CT molecular complexity index is 863. The zero-order valence-corrected chi connectivity index (χ0v) is 13.9. The summed E-state index contributed by atoms with van der Waals surface area (Å²) in [6, 6.07) is 16.1. The fourth-order valence-corrected chi connectivity index (χ4v) is 3.48. The van der Waals surface area contributed by atoms with Crippen molar-refractivity contribution in [3.8, 4) is 5.75 Å². The van der Waals surface area contributed by atoms with Crippen LogP contribution in [0.15, 0.2) is 54.9 Å². The molecule has 1 aliphatic heterocycles. The number of benzene rings is 2. The van der Waals surface area contributed by atoms with Crippen LogP contribution in [0.1, 0.15) is 29.6 Å². The second kappa shape index (κ2) is 6.17. The van der Waals surface area contributed by atoms with Crippen LogP contribution < -0.4 is 10.1 Å². The van der Waals surface area contributed by atoms with Gasteiger partial charge in [0.2, 0.25) is 5.95 Å². The van der Waals surface area contributed by atoms with E-state index < -0.39 is 0 Å². The SMILES string of the molecule is COc1cccc([C@H]2C[C@H](c3ccccc3Cl)Nc3ncnn32)c1. The molecule has 5 nitrogen and oxygen atoms in total. The standard InChI is InChI=1S/C18H17ClN4O/c1-24-13-6-4-5-12(9-13)17-10-16(14-7-2-3-8-15(14)19)22-18-20-11-21-23(17)18/h2-9,11,16-17H,10H2,1H3,(H,20,21,22)/t16-,17-/m1/s1. The first-order valence-corrected chi connectivity index (χ1v) is 8.18. The van der Waals surface area contributed by atoms with E-state index in [1.54, 1.807) is 13.4 Å². The molecule has 0 radical (unpaired) electrons. The number of aromatic nitrogens is 3. The van der Waals surface area contributed by atoms with Crippen molar-refractivity contribution in [1.82, 2.24) is 14.8 Å². The highest BCUT2D eigenvalue weighted by Crippen LogP contribution is 2.39. The number of nitrogens with one attached hydrogen (secondary N) is 1. The summed E-state index contributed by atoms with van der Waals surface area (Å²) in [4.78, 5) is 4.35. The minimum absolute atomic E-state index is 0.0696. The maximum Gasteiger partial charge on any atom is 0.222 e. The van der Waals surface area contributed by atoms with Crippen LogP contribution in [0, 0.1) is 0 Å². The summed E-state index contributed by atoms with van der Waals surface area (Å²) >= 11 is 6.40. The van der Waals surface area contributed by atoms with Crippen LogP contribution >= 0.6 is 11.6 Å². The minimum atomic E-state index is 0.0696. The molecule has 0 saturated carbocycles. The number of methoxy groups -OCH3 is 1. The Morgan fingerprint density at radius 1 is 1.21 bits per heavy atom. The molecule has 24 heavy (non-hydrogen) atoms. The Balaban J connectivity index is 1.75. The fraction of sp³-hybridized carbons (Fsp3) is 0.222. The molecule has 1 N–H and O–H groups in total. The highest BCUT2D eigenvalue weighted by atomic mass is 35.5. The molecule has 0 amide bonds. The van der Waals surface area contributed by atoms with Gasteiger partial charge in [-0.25, -0.2) is 4.68 Å². The van der Waals surface area contributed by atoms with Crippen molar-refractivity contribution in [2.24, 2.45) is 0 Å². The normalized spacial score (nSPS) is 19.4. The van der Waals surface area contributed by atoms with E-state index in [0.29, 0.717) is 0 Å². The molecule has 1 aromatic heterocycles. The highest BCUT2D eigenvalue weighted by molar-refractivity contribution is 6.31. The molecule has 1 aliphatic rings. The molecule has 2 atom stereocenters. The smallest absolute Gasteiger partial charge is 0.222 e. The van der Waals surface area contributed by atoms with Crippen molar-refractivity contribution >= 4 is 17.5 Å². The maximum atomic E-state index is 6.40. The monoisotopic (exact) mass is 340 g/mol. The summed E-state index contributed by atoms with van der Waals surface area (Å²) in [6.07, 6.45) is 2.40. The summed E-state index contributed by atoms with van der Waals surface area (Å²) in [5.41, 5.74) is 2.21. The van der Waals surface area contributed by atoms with Gasteiger partial charge in [-0.3, -0.25) is 0 Å². The Hall–Kier alpha value is -2.53. The number of fused-ring (bicyclic) bond motifs is 1. The Morgan fingerprint density at radius 2 is 2.08 bits per heavy atom. The predicted molar refractivity (Wildman–Crippen MR) is 93.6 cm³/mol. The molecule has 0 spiro atoms. The predicted octanol–water partition coefficient (Wildman–Crippen LogP) is 4.09. The second-order valence-corrected chi connectivity index (χ2v) is 6.18. The largest absolute Gasteiger partial charge is 0.497 e. The lowest BCUT2D eigenvalue weighted by Crippen LogP contribution is -2.28. The van der Waals surface area contributed by atoms with Crippen LogP contribution in [0.3, 0.4) is 0 Å². The number of anilines is 1. The van der Waals surface area contributed by atoms with E-state index in [1.165, 1.54) is 0 Å². The molecule has 122 valence electrons. The molecule has 4 rings (SSSR count). The average molecular weight is 341 g/mol. The Kier molecular flexibility index (Phi) is 3.86. The lowest BCUT2D eigenvalue weighted by molar-refractivity contribution is 0.406. The van der Waals surface area contributed by atoms with Crippen LogP contribution in [-0.4, -0.2) is 21.9 Å². The third-order valence-corrected chi connectivity index (χ3v) is 4.73. The van der Waals surface area contributed by atoms with Crippen molar-refractivity contribution in [2.75, 3.05) is 12.4 Å². The highest BCUT2D eigenvalue weighted by Gasteiger charge is 2.30. The molecule has 2 aromatic carbocycles. The molecule has 6 heteroatoms. The topological polar surface area (TPSA) is 52.0 Å². The van der Waals surface area contributed by atoms with Crippen molar-refractivity contribution in [3.63, 3.8) is 0 Å². The third kappa shape index (κ3) is 2.61. The first kappa shape index (κ1) is 15.0. The summed E-state index contributed by atoms with van der Waals surface area (Å²) < 4.78 is 7.28. The lowest BCUT2D eigenvalue weighted by atomic mass is 9.93. The number of ether oxygens (including phenoxy) is 1. The fourth-order valence-electron chi connectivity index (χ4n) is 3.21. The third-order valence-electron chi connectivity index (χ3n) is 4.39. The molecule has 3 aromatic rings. The van der Waals surface area contributed by atoms with Gasteiger partial charge in [-0.05, 0) is 35.7 Å². The lowest BCUT2D eigenvalue weighted by Gasteiger charge is -2.32. The van der Waals surface area contributed by atoms with E-state index in [9.17, 15) is 0 Å². The van der Waals surface area contributed by atoms with Gasteiger partial charge in [-0.1, -0.05) is 41.9 Å². The van der Waals surface area contributed by atoms with Crippen molar-refractivity contribution in [3.05, 3.63) is 71.0 Å². The number of halogens is 1. The van der Waals surface area contributed by atoms with E-state index >= 15 is 0 Å². The minimum Gasteiger partial charge on any atom is -0.497 e. The van der Waals surface area contributed by atoms with Crippen LogP contribution in [0.25, 0.3) is 0 Å². The van der Waals surface area contributed by atoms with E-state index in [1.807, 2.05) is 41.1 Å². The summed E-state index contributed by atoms with van der Waals surface area (Å²) in [5, 5.41) is 8.58. The molecule has 0 unspecified atom stereocenters. The van der Waals surface area contributed by atoms with Gasteiger partial charge in [0.25, 0.3) is 0 Å². The maximum absolute atomic E-state index is 6.40. The summed E-state index contributed by atoms with van der Waals surface area (Å²) in [7, 11) is 1.68. The van der Waals surface area contributed by atoms with Gasteiger partial charge in [-0.15, -0.1) is 0 Å². The van der Waals surface area contributed by atoms with Crippen LogP contribution in [-0.2, 0) is 0 Å². The number of nitrogens with zero attached hydrogens (tertiary/aromatic N) is 3. The van der Waals surface area contributed by atoms with Gasteiger partial charge in [-0.2, -0.15) is 10.1 Å². The van der Waals surface area contributed by atoms with Gasteiger partial charge in [0.05, 0.1) is 19.2 Å². The molecule has 0 aliphatic carbocycles. The van der Waals surface area contributed by atoms with E-state index in [-0.39, 0.29) is 12.1 Å². The quantitative estimate of drug-likeness (QED) is 0.780. The molecule has 0 fully saturated rings. The zero-order chi connectivity index (χ0) is 16.5. The number of rotatable bonds is 3. The van der Waals surface area contributed by atoms with Crippen molar-refractivity contribution in [1.29, 1.82) is 0 Å². The van der Waals surface area contributed by atoms with Gasteiger partial charge in [0, 0.05) is 5.02 Å². The van der Waals surface area contributed by atoms with Crippen molar-refractivity contribution in [2.45, 2.75) is 18.5 Å². The first-order valence-electron chi connectivity index (χ1n) is 7.80. The summed E-state index contributed by atoms with van der Waals surface area (Å²) in [5.74, 6) is 1.58. The van der Waals surface area contributed by atoms with Gasteiger partial charge < -0.3 is 10.1 Å². The van der Waals surface area contributed by atoms with Gasteiger partial charge in [0.1, 0.15) is 12.1 Å². The van der Waals surface area contributed by atoms with Gasteiger partial charge in [0.15, 0.2) is 0 Å². The number of hydrogen-bond acceptors (Lipinski definition) is 4. The van der Waals surface area contributed by atoms with Crippen LogP contribution in [0.2, 0.25) is 5.02 Å². The van der Waals surface area contributed by atoms with E-state index in [0.717, 1.165) is 34.3 Å². The Morgan fingerprint density at radius 3 is 2.92 bits per heavy atom. The second-order valence-electron chi connectivity index (χ2n) is 5.77. The van der Waals surface area contributed by atoms with Crippen LogP contribution in [0.5, 0.6) is 5.75 Å². The van der Waals surface area contributed by atoms with Crippen LogP contribution in [0.4, 0.5) is 5.95 Å². The first-order chi connectivity index (χ1) is 11.8. The molecule has 0 bridgehead atoms. The molecule has 0 saturated heterocycles. The van der Waals surface area contributed by atoms with E-state index in [4.69, 9.17) is 16.3 Å². The summed E-state index contributed by atoms with van der Waals surface area (Å²) in [6.45, 7) is 0. The van der Waals surface area contributed by atoms with Crippen molar-refractivity contribution < 1.29 is 4.74 Å². The molecular weight excluding hydrogens is 324 g/mol. The molecule has 2 heterocycles.